The van der Waals surface area contributed by atoms with Gasteiger partial charge in [0.05, 0.1) is 5.69 Å². The van der Waals surface area contributed by atoms with Gasteiger partial charge in [0.1, 0.15) is 11.1 Å². The Bertz CT molecular complexity index is 1150. The van der Waals surface area contributed by atoms with E-state index in [1.807, 2.05) is 24.3 Å². The summed E-state index contributed by atoms with van der Waals surface area (Å²) in [5.41, 5.74) is 1.49. The molecule has 3 aromatic rings. The average molecular weight is 465 g/mol. The Balaban J connectivity index is 1.85. The minimum Gasteiger partial charge on any atom is -0.364 e. The van der Waals surface area contributed by atoms with E-state index < -0.39 is 27.8 Å². The summed E-state index contributed by atoms with van der Waals surface area (Å²) in [4.78, 5) is 0.142. The lowest BCUT2D eigenvalue weighted by atomic mass is 10.1. The second-order valence-corrected chi connectivity index (χ2v) is 9.17. The molecule has 1 heterocycles. The topological polar surface area (TPSA) is 49.4 Å². The first kappa shape index (κ1) is 19.0. The van der Waals surface area contributed by atoms with Gasteiger partial charge in [-0.15, -0.1) is 0 Å². The van der Waals surface area contributed by atoms with Gasteiger partial charge in [-0.05, 0) is 47.5 Å². The van der Waals surface area contributed by atoms with Crippen LogP contribution in [0.25, 0.3) is 0 Å². The normalized spacial score (nSPS) is 18.3. The van der Waals surface area contributed by atoms with E-state index >= 15 is 0 Å². The van der Waals surface area contributed by atoms with Gasteiger partial charge in [-0.3, -0.25) is 0 Å². The lowest BCUT2D eigenvalue weighted by Gasteiger charge is -2.37. The van der Waals surface area contributed by atoms with Gasteiger partial charge in [-0.2, -0.15) is 4.31 Å². The van der Waals surface area contributed by atoms with Gasteiger partial charge in [0.2, 0.25) is 10.0 Å². The lowest BCUT2D eigenvalue weighted by Crippen LogP contribution is -2.42. The molecule has 0 radical (unpaired) electrons. The second-order valence-electron chi connectivity index (χ2n) is 6.40. The predicted molar refractivity (Wildman–Crippen MR) is 106 cm³/mol. The Hall–Kier alpha value is -2.29. The highest BCUT2D eigenvalue weighted by atomic mass is 79.9. The van der Waals surface area contributed by atoms with E-state index in [9.17, 15) is 17.2 Å². The maximum Gasteiger partial charge on any atom is 0.247 e. The molecule has 144 valence electrons. The van der Waals surface area contributed by atoms with Crippen molar-refractivity contribution in [3.63, 3.8) is 0 Å². The van der Waals surface area contributed by atoms with Gasteiger partial charge < -0.3 is 5.32 Å². The van der Waals surface area contributed by atoms with Crippen LogP contribution in [0.4, 0.5) is 14.5 Å². The Labute approximate surface area is 170 Å². The SMILES string of the molecule is O=S1(=O)c2ccccc2N[C@@H](c2ccc(F)c(F)c2)N1Cc1cccc(Br)c1. The van der Waals surface area contributed by atoms with Gasteiger partial charge in [-0.25, -0.2) is 17.2 Å². The van der Waals surface area contributed by atoms with Crippen LogP contribution in [0.15, 0.2) is 76.1 Å². The molecule has 1 aliphatic rings. The molecule has 0 saturated heterocycles. The number of nitrogens with one attached hydrogen (secondary N) is 1. The molecule has 0 amide bonds. The van der Waals surface area contributed by atoms with Crippen LogP contribution in [-0.2, 0) is 16.6 Å². The highest BCUT2D eigenvalue weighted by Gasteiger charge is 2.39. The minimum atomic E-state index is -3.87. The summed E-state index contributed by atoms with van der Waals surface area (Å²) in [5, 5.41) is 3.15. The molecule has 1 aliphatic heterocycles. The Morgan fingerprint density at radius 3 is 2.50 bits per heavy atom. The zero-order valence-electron chi connectivity index (χ0n) is 14.4. The zero-order valence-corrected chi connectivity index (χ0v) is 16.8. The molecule has 4 rings (SSSR count). The molecular weight excluding hydrogens is 450 g/mol. The van der Waals surface area contributed by atoms with E-state index in [0.717, 1.165) is 22.2 Å². The third-order valence-corrected chi connectivity index (χ3v) is 6.90. The molecule has 8 heteroatoms. The van der Waals surface area contributed by atoms with Crippen molar-refractivity contribution in [3.05, 3.63) is 94.0 Å². The predicted octanol–water partition coefficient (Wildman–Crippen LogP) is 5.04. The molecule has 0 aliphatic carbocycles. The minimum absolute atomic E-state index is 0.0623. The largest absolute Gasteiger partial charge is 0.364 e. The first-order valence-corrected chi connectivity index (χ1v) is 10.7. The van der Waals surface area contributed by atoms with Crippen molar-refractivity contribution < 1.29 is 17.2 Å². The maximum absolute atomic E-state index is 13.9. The van der Waals surface area contributed by atoms with Crippen LogP contribution in [0, 0.1) is 11.6 Å². The fraction of sp³-hybridized carbons (Fsp3) is 0.100. The third kappa shape index (κ3) is 3.43. The fourth-order valence-corrected chi connectivity index (χ4v) is 5.34. The van der Waals surface area contributed by atoms with E-state index in [1.165, 1.54) is 16.4 Å². The molecule has 0 unspecified atom stereocenters. The fourth-order valence-electron chi connectivity index (χ4n) is 3.22. The summed E-state index contributed by atoms with van der Waals surface area (Å²) in [5.74, 6) is -2.01. The number of para-hydroxylation sites is 1. The lowest BCUT2D eigenvalue weighted by molar-refractivity contribution is 0.334. The number of hydrogen-bond acceptors (Lipinski definition) is 3. The summed E-state index contributed by atoms with van der Waals surface area (Å²) in [6.45, 7) is 0.0623. The molecule has 4 nitrogen and oxygen atoms in total. The standard InChI is InChI=1S/C20H15BrF2N2O2S/c21-15-5-3-4-13(10-15)12-25-20(14-8-9-16(22)17(23)11-14)24-18-6-1-2-7-19(18)28(25,26)27/h1-11,20,24H,12H2/t20-/m1/s1. The Kier molecular flexibility index (Phi) is 4.95. The molecule has 1 atom stereocenters. The van der Waals surface area contributed by atoms with Crippen LogP contribution in [0.1, 0.15) is 17.3 Å². The molecule has 28 heavy (non-hydrogen) atoms. The van der Waals surface area contributed by atoms with Crippen molar-refractivity contribution in [3.8, 4) is 0 Å². The Morgan fingerprint density at radius 1 is 0.964 bits per heavy atom. The van der Waals surface area contributed by atoms with Crippen molar-refractivity contribution >= 4 is 31.6 Å². The summed E-state index contributed by atoms with van der Waals surface area (Å²) >= 11 is 3.38. The molecule has 1 N–H and O–H groups in total. The number of nitrogens with zero attached hydrogens (tertiary/aromatic N) is 1. The van der Waals surface area contributed by atoms with Crippen molar-refractivity contribution in [2.75, 3.05) is 5.32 Å². The monoisotopic (exact) mass is 464 g/mol. The maximum atomic E-state index is 13.9. The smallest absolute Gasteiger partial charge is 0.247 e. The van der Waals surface area contributed by atoms with Crippen molar-refractivity contribution in [2.45, 2.75) is 17.6 Å². The summed E-state index contributed by atoms with van der Waals surface area (Å²) in [6.07, 6.45) is -0.881. The quantitative estimate of drug-likeness (QED) is 0.590. The van der Waals surface area contributed by atoms with E-state index in [1.54, 1.807) is 18.2 Å². The van der Waals surface area contributed by atoms with E-state index in [0.29, 0.717) is 11.3 Å². The van der Waals surface area contributed by atoms with Crippen molar-refractivity contribution in [1.82, 2.24) is 4.31 Å². The van der Waals surface area contributed by atoms with Crippen LogP contribution >= 0.6 is 15.9 Å². The molecule has 0 saturated carbocycles. The second kappa shape index (κ2) is 7.27. The molecular formula is C20H15BrF2N2O2S. The van der Waals surface area contributed by atoms with Crippen LogP contribution in [0.3, 0.4) is 0 Å². The van der Waals surface area contributed by atoms with Crippen molar-refractivity contribution in [1.29, 1.82) is 0 Å². The van der Waals surface area contributed by atoms with Gasteiger partial charge in [0.25, 0.3) is 0 Å². The number of hydrogen-bond donors (Lipinski definition) is 1. The Morgan fingerprint density at radius 2 is 1.75 bits per heavy atom. The summed E-state index contributed by atoms with van der Waals surface area (Å²) < 4.78 is 56.0. The van der Waals surface area contributed by atoms with Gasteiger partial charge >= 0.3 is 0 Å². The summed E-state index contributed by atoms with van der Waals surface area (Å²) in [6, 6.07) is 17.2. The zero-order chi connectivity index (χ0) is 19.9. The van der Waals surface area contributed by atoms with Crippen molar-refractivity contribution in [2.24, 2.45) is 0 Å². The van der Waals surface area contributed by atoms with Crippen LogP contribution in [0.5, 0.6) is 0 Å². The highest BCUT2D eigenvalue weighted by Crippen LogP contribution is 2.39. The third-order valence-electron chi connectivity index (χ3n) is 4.54. The van der Waals surface area contributed by atoms with Crippen LogP contribution in [0.2, 0.25) is 0 Å². The van der Waals surface area contributed by atoms with E-state index in [2.05, 4.69) is 21.2 Å². The van der Waals surface area contributed by atoms with Crippen LogP contribution in [-0.4, -0.2) is 12.7 Å². The number of anilines is 1. The van der Waals surface area contributed by atoms with Crippen LogP contribution < -0.4 is 5.32 Å². The molecule has 0 aromatic heterocycles. The average Bonchev–Trinajstić information content (AvgIpc) is 2.66. The highest BCUT2D eigenvalue weighted by molar-refractivity contribution is 9.10. The molecule has 0 spiro atoms. The van der Waals surface area contributed by atoms with Gasteiger partial charge in [-0.1, -0.05) is 46.3 Å². The van der Waals surface area contributed by atoms with Gasteiger partial charge in [0.15, 0.2) is 11.6 Å². The number of benzene rings is 3. The molecule has 0 fully saturated rings. The molecule has 3 aromatic carbocycles. The summed E-state index contributed by atoms with van der Waals surface area (Å²) in [7, 11) is -3.87. The molecule has 0 bridgehead atoms. The van der Waals surface area contributed by atoms with E-state index in [4.69, 9.17) is 0 Å². The number of sulfonamides is 1. The van der Waals surface area contributed by atoms with Gasteiger partial charge in [0, 0.05) is 11.0 Å². The first-order valence-electron chi connectivity index (χ1n) is 8.43. The first-order chi connectivity index (χ1) is 13.4. The number of rotatable bonds is 3. The number of halogens is 3. The van der Waals surface area contributed by atoms with E-state index in [-0.39, 0.29) is 11.4 Å². The number of fused-ring (bicyclic) bond motifs is 1.